The number of nitrogens with zero attached hydrogens (tertiary/aromatic N) is 3. The quantitative estimate of drug-likeness (QED) is 0.854. The topological polar surface area (TPSA) is 63.8 Å². The molecular formula is C11H13BrN4O. The van der Waals surface area contributed by atoms with Gasteiger partial charge in [0.05, 0.1) is 0 Å². The molecule has 0 saturated heterocycles. The molecule has 1 N–H and O–H groups in total. The van der Waals surface area contributed by atoms with Gasteiger partial charge in [-0.05, 0) is 34.5 Å². The normalized spacial score (nSPS) is 10.7. The van der Waals surface area contributed by atoms with Gasteiger partial charge in [0.2, 0.25) is 5.89 Å². The maximum atomic E-state index is 5.01. The number of aryl methyl sites for hydroxylation is 1. The smallest absolute Gasteiger partial charge is 0.227 e. The molecule has 0 aliphatic rings. The van der Waals surface area contributed by atoms with Crippen molar-refractivity contribution in [2.24, 2.45) is 0 Å². The first-order valence-electron chi connectivity index (χ1n) is 5.33. The van der Waals surface area contributed by atoms with Crippen molar-refractivity contribution in [2.45, 2.75) is 19.9 Å². The van der Waals surface area contributed by atoms with Gasteiger partial charge >= 0.3 is 0 Å². The van der Waals surface area contributed by atoms with Crippen molar-refractivity contribution in [1.82, 2.24) is 20.4 Å². The fraction of sp³-hybridized carbons (Fsp3) is 0.364. The van der Waals surface area contributed by atoms with E-state index in [1.807, 2.05) is 19.2 Å². The van der Waals surface area contributed by atoms with Crippen LogP contribution in [0.5, 0.6) is 0 Å². The van der Waals surface area contributed by atoms with Crippen LogP contribution in [-0.4, -0.2) is 21.7 Å². The molecule has 17 heavy (non-hydrogen) atoms. The van der Waals surface area contributed by atoms with Gasteiger partial charge < -0.3 is 9.84 Å². The van der Waals surface area contributed by atoms with Gasteiger partial charge in [-0.2, -0.15) is 4.98 Å². The van der Waals surface area contributed by atoms with Crippen molar-refractivity contribution < 1.29 is 4.52 Å². The van der Waals surface area contributed by atoms with Gasteiger partial charge in [0.1, 0.15) is 0 Å². The second-order valence-electron chi connectivity index (χ2n) is 3.67. The molecular weight excluding hydrogens is 284 g/mol. The molecule has 0 fully saturated rings. The fourth-order valence-electron chi connectivity index (χ4n) is 1.42. The molecule has 6 heteroatoms. The van der Waals surface area contributed by atoms with Crippen LogP contribution in [0.2, 0.25) is 0 Å². The highest BCUT2D eigenvalue weighted by Gasteiger charge is 2.01. The molecule has 2 aromatic rings. The van der Waals surface area contributed by atoms with E-state index in [0.717, 1.165) is 29.5 Å². The molecule has 90 valence electrons. The third-order valence-electron chi connectivity index (χ3n) is 2.18. The summed E-state index contributed by atoms with van der Waals surface area (Å²) in [4.78, 5) is 8.23. The van der Waals surface area contributed by atoms with Crippen LogP contribution < -0.4 is 5.32 Å². The van der Waals surface area contributed by atoms with Crippen molar-refractivity contribution in [1.29, 1.82) is 0 Å². The minimum Gasteiger partial charge on any atom is -0.339 e. The summed E-state index contributed by atoms with van der Waals surface area (Å²) in [5.74, 6) is 1.35. The third-order valence-corrected chi connectivity index (χ3v) is 2.61. The number of rotatable bonds is 5. The Morgan fingerprint density at radius 2 is 2.29 bits per heavy atom. The summed E-state index contributed by atoms with van der Waals surface area (Å²) in [6, 6.07) is 2.04. The number of hydrogen-bond donors (Lipinski definition) is 1. The maximum absolute atomic E-state index is 5.01. The molecule has 2 rings (SSSR count). The van der Waals surface area contributed by atoms with E-state index in [1.165, 1.54) is 0 Å². The Labute approximate surface area is 108 Å². The van der Waals surface area contributed by atoms with Crippen molar-refractivity contribution >= 4 is 15.9 Å². The summed E-state index contributed by atoms with van der Waals surface area (Å²) in [5.41, 5.74) is 1.14. The van der Waals surface area contributed by atoms with Gasteiger partial charge in [-0.15, -0.1) is 0 Å². The zero-order valence-electron chi connectivity index (χ0n) is 9.48. The monoisotopic (exact) mass is 296 g/mol. The van der Waals surface area contributed by atoms with Gasteiger partial charge in [-0.1, -0.05) is 5.16 Å². The van der Waals surface area contributed by atoms with Gasteiger partial charge in [-0.25, -0.2) is 0 Å². The standard InChI is InChI=1S/C11H13BrN4O/c1-8-15-11(17-16-8)2-3-13-5-9-4-10(12)7-14-6-9/h4,6-7,13H,2-3,5H2,1H3. The Balaban J connectivity index is 1.73. The van der Waals surface area contributed by atoms with Crippen LogP contribution in [0.1, 0.15) is 17.3 Å². The largest absolute Gasteiger partial charge is 0.339 e. The Morgan fingerprint density at radius 1 is 1.41 bits per heavy atom. The molecule has 0 aromatic carbocycles. The van der Waals surface area contributed by atoms with Crippen molar-refractivity contribution in [2.75, 3.05) is 6.54 Å². The zero-order valence-corrected chi connectivity index (χ0v) is 11.1. The first-order valence-corrected chi connectivity index (χ1v) is 6.12. The molecule has 2 aromatic heterocycles. The molecule has 0 atom stereocenters. The molecule has 5 nitrogen and oxygen atoms in total. The van der Waals surface area contributed by atoms with Crippen LogP contribution in [0.4, 0.5) is 0 Å². The highest BCUT2D eigenvalue weighted by Crippen LogP contribution is 2.09. The first-order chi connectivity index (χ1) is 8.24. The van der Waals surface area contributed by atoms with E-state index in [9.17, 15) is 0 Å². The summed E-state index contributed by atoms with van der Waals surface area (Å²) in [7, 11) is 0. The van der Waals surface area contributed by atoms with E-state index < -0.39 is 0 Å². The molecule has 0 radical (unpaired) electrons. The lowest BCUT2D eigenvalue weighted by molar-refractivity contribution is 0.372. The molecule has 0 bridgehead atoms. The molecule has 0 spiro atoms. The number of pyridine rings is 1. The lowest BCUT2D eigenvalue weighted by atomic mass is 10.3. The first kappa shape index (κ1) is 12.2. The minimum absolute atomic E-state index is 0.669. The van der Waals surface area contributed by atoms with E-state index in [1.54, 1.807) is 6.20 Å². The predicted molar refractivity (Wildman–Crippen MR) is 66.4 cm³/mol. The Morgan fingerprint density at radius 3 is 3.00 bits per heavy atom. The van der Waals surface area contributed by atoms with Gasteiger partial charge in [-0.3, -0.25) is 4.98 Å². The fourth-order valence-corrected chi connectivity index (χ4v) is 1.83. The zero-order chi connectivity index (χ0) is 12.1. The molecule has 0 unspecified atom stereocenters. The predicted octanol–water partition coefficient (Wildman–Crippen LogP) is 1.87. The third kappa shape index (κ3) is 3.90. The molecule has 0 saturated carbocycles. The SMILES string of the molecule is Cc1noc(CCNCc2cncc(Br)c2)n1. The van der Waals surface area contributed by atoms with Crippen molar-refractivity contribution in [3.63, 3.8) is 0 Å². The van der Waals surface area contributed by atoms with Gasteiger partial charge in [0.25, 0.3) is 0 Å². The maximum Gasteiger partial charge on any atom is 0.227 e. The second kappa shape index (κ2) is 5.88. The average molecular weight is 297 g/mol. The van der Waals surface area contributed by atoms with Crippen molar-refractivity contribution in [3.05, 3.63) is 40.2 Å². The highest BCUT2D eigenvalue weighted by molar-refractivity contribution is 9.10. The van der Waals surface area contributed by atoms with E-state index in [-0.39, 0.29) is 0 Å². The van der Waals surface area contributed by atoms with Crippen LogP contribution in [0, 0.1) is 6.92 Å². The second-order valence-corrected chi connectivity index (χ2v) is 4.59. The number of halogens is 1. The Hall–Kier alpha value is -1.27. The van der Waals surface area contributed by atoms with E-state index >= 15 is 0 Å². The summed E-state index contributed by atoms with van der Waals surface area (Å²) < 4.78 is 6.00. The molecule has 0 aliphatic heterocycles. The number of nitrogens with one attached hydrogen (secondary N) is 1. The Kier molecular flexibility index (Phi) is 4.22. The van der Waals surface area contributed by atoms with Crippen LogP contribution in [0.15, 0.2) is 27.5 Å². The summed E-state index contributed by atoms with van der Waals surface area (Å²) in [5, 5.41) is 7.03. The summed E-state index contributed by atoms with van der Waals surface area (Å²) >= 11 is 3.39. The number of aromatic nitrogens is 3. The molecule has 0 amide bonds. The highest BCUT2D eigenvalue weighted by atomic mass is 79.9. The Bertz CT molecular complexity index is 486. The number of hydrogen-bond acceptors (Lipinski definition) is 5. The van der Waals surface area contributed by atoms with Crippen molar-refractivity contribution in [3.8, 4) is 0 Å². The van der Waals surface area contributed by atoms with Crippen LogP contribution in [0.25, 0.3) is 0 Å². The lowest BCUT2D eigenvalue weighted by Gasteiger charge is -2.02. The van der Waals surface area contributed by atoms with Crippen LogP contribution in [-0.2, 0) is 13.0 Å². The van der Waals surface area contributed by atoms with E-state index in [2.05, 4.69) is 36.4 Å². The summed E-state index contributed by atoms with van der Waals surface area (Å²) in [6.45, 7) is 3.39. The van der Waals surface area contributed by atoms with E-state index in [4.69, 9.17) is 4.52 Å². The minimum atomic E-state index is 0.669. The van der Waals surface area contributed by atoms with E-state index in [0.29, 0.717) is 11.7 Å². The van der Waals surface area contributed by atoms with Gasteiger partial charge in [0.15, 0.2) is 5.82 Å². The van der Waals surface area contributed by atoms with Gasteiger partial charge in [0, 0.05) is 36.4 Å². The van der Waals surface area contributed by atoms with Crippen LogP contribution in [0.3, 0.4) is 0 Å². The lowest BCUT2D eigenvalue weighted by Crippen LogP contribution is -2.16. The average Bonchev–Trinajstić information content (AvgIpc) is 2.71. The van der Waals surface area contributed by atoms with Crippen LogP contribution >= 0.6 is 15.9 Å². The summed E-state index contributed by atoms with van der Waals surface area (Å²) in [6.07, 6.45) is 4.35. The molecule has 0 aliphatic carbocycles. The molecule has 2 heterocycles.